The highest BCUT2D eigenvalue weighted by Crippen LogP contribution is 2.23. The molecule has 0 saturated carbocycles. The fourth-order valence-corrected chi connectivity index (χ4v) is 4.33. The van der Waals surface area contributed by atoms with Gasteiger partial charge in [0.05, 0.1) is 31.8 Å². The molecule has 0 aliphatic carbocycles. The minimum Gasteiger partial charge on any atom is -0.488 e. The lowest BCUT2D eigenvalue weighted by atomic mass is 9.90. The molecule has 0 aliphatic rings. The number of ether oxygens (including phenoxy) is 4. The molecule has 1 N–H and O–H groups in total. The van der Waals surface area contributed by atoms with Crippen LogP contribution >= 0.6 is 0 Å². The van der Waals surface area contributed by atoms with Crippen LogP contribution in [0.1, 0.15) is 78.9 Å². The molecule has 0 unspecified atom stereocenters. The first-order chi connectivity index (χ1) is 20.3. The van der Waals surface area contributed by atoms with Gasteiger partial charge in [-0.05, 0) is 84.1 Å². The molecular weight excluding hydrogens is 546 g/mol. The molecule has 238 valence electrons. The average Bonchev–Trinajstić information content (AvgIpc) is 2.91. The largest absolute Gasteiger partial charge is 0.488 e. The van der Waals surface area contributed by atoms with E-state index in [2.05, 4.69) is 5.32 Å². The quantitative estimate of drug-likeness (QED) is 0.169. The van der Waals surface area contributed by atoms with E-state index < -0.39 is 23.5 Å². The summed E-state index contributed by atoms with van der Waals surface area (Å²) in [5, 5.41) is 2.89. The summed E-state index contributed by atoms with van der Waals surface area (Å²) in [7, 11) is 0. The minimum atomic E-state index is -0.796. The molecule has 2 atom stereocenters. The molecule has 0 spiro atoms. The summed E-state index contributed by atoms with van der Waals surface area (Å²) in [5.74, 6) is -0.951. The van der Waals surface area contributed by atoms with Crippen LogP contribution in [-0.2, 0) is 41.4 Å². The van der Waals surface area contributed by atoms with Crippen LogP contribution in [0.4, 0.5) is 0 Å². The molecule has 0 aliphatic heterocycles. The Bertz CT molecular complexity index is 1120. The monoisotopic (exact) mass is 597 g/mol. The predicted octanol–water partition coefficient (Wildman–Crippen LogP) is 5.88. The molecule has 1 amide bonds. The van der Waals surface area contributed by atoms with Crippen LogP contribution in [0.2, 0.25) is 0 Å². The number of rotatable bonds is 18. The van der Waals surface area contributed by atoms with Crippen LogP contribution < -0.4 is 10.1 Å². The van der Waals surface area contributed by atoms with Crippen molar-refractivity contribution < 1.29 is 33.3 Å². The number of nitrogens with one attached hydrogen (secondary N) is 1. The number of esters is 1. The van der Waals surface area contributed by atoms with Gasteiger partial charge in [-0.15, -0.1) is 0 Å². The maximum absolute atomic E-state index is 13.8. The number of amides is 1. The molecule has 2 aromatic carbocycles. The third kappa shape index (κ3) is 15.7. The highest BCUT2D eigenvalue weighted by molar-refractivity contribution is 5.92. The average molecular weight is 598 g/mol. The number of carbonyl (C=O) groups is 3. The van der Waals surface area contributed by atoms with Gasteiger partial charge in [-0.25, -0.2) is 0 Å². The van der Waals surface area contributed by atoms with Gasteiger partial charge in [0.25, 0.3) is 0 Å². The van der Waals surface area contributed by atoms with Crippen molar-refractivity contribution >= 4 is 17.7 Å². The molecule has 0 bridgehead atoms. The number of hydrogen-bond donors (Lipinski definition) is 1. The molecule has 2 rings (SSSR count). The Hall–Kier alpha value is -3.23. The Kier molecular flexibility index (Phi) is 14.9. The lowest BCUT2D eigenvalue weighted by Crippen LogP contribution is -2.44. The van der Waals surface area contributed by atoms with E-state index in [1.807, 2.05) is 82.3 Å². The third-order valence-corrected chi connectivity index (χ3v) is 6.22. The van der Waals surface area contributed by atoms with E-state index >= 15 is 0 Å². The Labute approximate surface area is 257 Å². The zero-order valence-corrected chi connectivity index (χ0v) is 27.1. The van der Waals surface area contributed by atoms with E-state index in [9.17, 15) is 14.4 Å². The van der Waals surface area contributed by atoms with E-state index in [-0.39, 0.29) is 36.7 Å². The highest BCUT2D eigenvalue weighted by Gasteiger charge is 2.31. The second-order valence-electron chi connectivity index (χ2n) is 12.7. The summed E-state index contributed by atoms with van der Waals surface area (Å²) in [6.07, 6.45) is 1.61. The van der Waals surface area contributed by atoms with Gasteiger partial charge in [0.1, 0.15) is 17.0 Å². The molecule has 0 heterocycles. The zero-order chi connectivity index (χ0) is 31.9. The van der Waals surface area contributed by atoms with Gasteiger partial charge < -0.3 is 24.3 Å². The van der Waals surface area contributed by atoms with Crippen LogP contribution in [-0.4, -0.2) is 61.3 Å². The van der Waals surface area contributed by atoms with Crippen molar-refractivity contribution in [2.24, 2.45) is 5.92 Å². The van der Waals surface area contributed by atoms with Crippen molar-refractivity contribution in [2.45, 2.75) is 97.8 Å². The normalized spacial score (nSPS) is 13.2. The van der Waals surface area contributed by atoms with Crippen molar-refractivity contribution in [3.8, 4) is 5.75 Å². The number of benzene rings is 2. The zero-order valence-electron chi connectivity index (χ0n) is 27.1. The third-order valence-electron chi connectivity index (χ3n) is 6.22. The van der Waals surface area contributed by atoms with Crippen LogP contribution in [0.15, 0.2) is 54.6 Å². The smallest absolute Gasteiger partial charge is 0.310 e. The minimum absolute atomic E-state index is 0.0712. The SMILES string of the molecule is CCCOCCOCCC(=O)N[C@@H](Cc1ccccc1)C(=O)C[C@@H](Cc1ccc(OC(C)(C)C)cc1)C(=O)OC(C)(C)C. The topological polar surface area (TPSA) is 100 Å². The maximum atomic E-state index is 13.8. The summed E-state index contributed by atoms with van der Waals surface area (Å²) in [4.78, 5) is 39.9. The van der Waals surface area contributed by atoms with Crippen molar-refractivity contribution in [2.75, 3.05) is 26.4 Å². The van der Waals surface area contributed by atoms with Gasteiger partial charge in [-0.3, -0.25) is 14.4 Å². The Balaban J connectivity index is 2.15. The van der Waals surface area contributed by atoms with Crippen molar-refractivity contribution in [1.82, 2.24) is 5.32 Å². The summed E-state index contributed by atoms with van der Waals surface area (Å²) < 4.78 is 22.5. The van der Waals surface area contributed by atoms with Crippen LogP contribution in [0, 0.1) is 5.92 Å². The summed E-state index contributed by atoms with van der Waals surface area (Å²) in [5.41, 5.74) is 0.755. The van der Waals surface area contributed by atoms with Crippen LogP contribution in [0.3, 0.4) is 0 Å². The van der Waals surface area contributed by atoms with E-state index in [0.717, 1.165) is 23.3 Å². The molecule has 0 radical (unpaired) electrons. The van der Waals surface area contributed by atoms with Gasteiger partial charge in [0.15, 0.2) is 5.78 Å². The lowest BCUT2D eigenvalue weighted by Gasteiger charge is -2.25. The Morgan fingerprint density at radius 1 is 0.744 bits per heavy atom. The summed E-state index contributed by atoms with van der Waals surface area (Å²) >= 11 is 0. The fourth-order valence-electron chi connectivity index (χ4n) is 4.33. The van der Waals surface area contributed by atoms with Gasteiger partial charge >= 0.3 is 5.97 Å². The number of carbonyl (C=O) groups excluding carboxylic acids is 3. The van der Waals surface area contributed by atoms with E-state index in [4.69, 9.17) is 18.9 Å². The first-order valence-electron chi connectivity index (χ1n) is 15.3. The summed E-state index contributed by atoms with van der Waals surface area (Å²) in [6, 6.07) is 16.3. The van der Waals surface area contributed by atoms with Crippen molar-refractivity contribution in [3.63, 3.8) is 0 Å². The number of ketones is 1. The highest BCUT2D eigenvalue weighted by atomic mass is 16.6. The molecule has 43 heavy (non-hydrogen) atoms. The molecule has 0 saturated heterocycles. The standard InChI is InChI=1S/C35H51NO7/c1-8-19-40-21-22-41-20-18-32(38)36-30(24-26-12-10-9-11-13-26)31(37)25-28(33(39)43-35(5,6)7)23-27-14-16-29(17-15-27)42-34(2,3)4/h9-17,28,30H,8,18-25H2,1-7H3,(H,36,38)/t28-,30+/m1/s1. The summed E-state index contributed by atoms with van der Waals surface area (Å²) in [6.45, 7) is 15.2. The van der Waals surface area contributed by atoms with Gasteiger partial charge in [0, 0.05) is 19.4 Å². The second kappa shape index (κ2) is 17.8. The maximum Gasteiger partial charge on any atom is 0.310 e. The molecule has 0 fully saturated rings. The van der Waals surface area contributed by atoms with Crippen molar-refractivity contribution in [3.05, 3.63) is 65.7 Å². The lowest BCUT2D eigenvalue weighted by molar-refractivity contribution is -0.161. The molecule has 0 aromatic heterocycles. The van der Waals surface area contributed by atoms with E-state index in [1.165, 1.54) is 0 Å². The molecular formula is C35H51NO7. The van der Waals surface area contributed by atoms with Gasteiger partial charge in [0.2, 0.25) is 5.91 Å². The van der Waals surface area contributed by atoms with Crippen LogP contribution in [0.5, 0.6) is 5.75 Å². The van der Waals surface area contributed by atoms with E-state index in [0.29, 0.717) is 32.7 Å². The van der Waals surface area contributed by atoms with Crippen molar-refractivity contribution in [1.29, 1.82) is 0 Å². The molecule has 8 heteroatoms. The fraction of sp³-hybridized carbons (Fsp3) is 0.571. The van der Waals surface area contributed by atoms with E-state index in [1.54, 1.807) is 20.8 Å². The van der Waals surface area contributed by atoms with Crippen LogP contribution in [0.25, 0.3) is 0 Å². The van der Waals surface area contributed by atoms with Gasteiger partial charge in [-0.1, -0.05) is 49.4 Å². The molecule has 8 nitrogen and oxygen atoms in total. The number of hydrogen-bond acceptors (Lipinski definition) is 7. The predicted molar refractivity (Wildman–Crippen MR) is 168 cm³/mol. The number of Topliss-reactive ketones (excluding diaryl/α,β-unsaturated/α-hetero) is 1. The second-order valence-corrected chi connectivity index (χ2v) is 12.7. The Morgan fingerprint density at radius 2 is 1.35 bits per heavy atom. The first-order valence-corrected chi connectivity index (χ1v) is 15.3. The Morgan fingerprint density at radius 3 is 1.93 bits per heavy atom. The molecule has 2 aromatic rings. The van der Waals surface area contributed by atoms with Gasteiger partial charge in [-0.2, -0.15) is 0 Å². The first kappa shape index (κ1) is 36.0.